The molecule has 2 heterocycles. The van der Waals surface area contributed by atoms with Crippen molar-refractivity contribution in [2.45, 2.75) is 12.6 Å². The fourth-order valence-corrected chi connectivity index (χ4v) is 3.52. The van der Waals surface area contributed by atoms with Crippen molar-refractivity contribution in [3.05, 3.63) is 59.4 Å². The van der Waals surface area contributed by atoms with Crippen LogP contribution in [0.25, 0.3) is 0 Å². The molecule has 0 spiro atoms. The lowest BCUT2D eigenvalue weighted by atomic mass is 10.1. The van der Waals surface area contributed by atoms with E-state index in [1.165, 1.54) is 11.6 Å². The molecular formula is C20H23FN2O3. The van der Waals surface area contributed by atoms with Crippen LogP contribution in [0.3, 0.4) is 0 Å². The highest BCUT2D eigenvalue weighted by Gasteiger charge is 2.22. The Morgan fingerprint density at radius 2 is 1.69 bits per heavy atom. The van der Waals surface area contributed by atoms with Crippen LogP contribution in [0.2, 0.25) is 0 Å². The molecule has 0 bridgehead atoms. The third kappa shape index (κ3) is 3.82. The van der Waals surface area contributed by atoms with Crippen LogP contribution in [-0.2, 0) is 6.54 Å². The number of ether oxygens (including phenoxy) is 2. The third-order valence-electron chi connectivity index (χ3n) is 5.00. The maximum Gasteiger partial charge on any atom is 0.231 e. The van der Waals surface area contributed by atoms with Crippen LogP contribution in [0, 0.1) is 5.82 Å². The summed E-state index contributed by atoms with van der Waals surface area (Å²) in [6.07, 6.45) is -0.795. The summed E-state index contributed by atoms with van der Waals surface area (Å²) in [5.41, 5.74) is 1.57. The van der Waals surface area contributed by atoms with Crippen molar-refractivity contribution in [2.75, 3.05) is 39.5 Å². The van der Waals surface area contributed by atoms with Crippen molar-refractivity contribution < 1.29 is 19.0 Å². The largest absolute Gasteiger partial charge is 0.454 e. The lowest BCUT2D eigenvalue weighted by Gasteiger charge is -2.35. The van der Waals surface area contributed by atoms with Gasteiger partial charge < -0.3 is 14.6 Å². The van der Waals surface area contributed by atoms with Crippen molar-refractivity contribution >= 4 is 0 Å². The van der Waals surface area contributed by atoms with E-state index in [-0.39, 0.29) is 5.82 Å². The monoisotopic (exact) mass is 358 g/mol. The summed E-state index contributed by atoms with van der Waals surface area (Å²) in [4.78, 5) is 4.57. The Hall–Kier alpha value is -2.15. The summed E-state index contributed by atoms with van der Waals surface area (Å²) in [7, 11) is 0. The fourth-order valence-electron chi connectivity index (χ4n) is 3.52. The van der Waals surface area contributed by atoms with E-state index >= 15 is 0 Å². The van der Waals surface area contributed by atoms with Crippen LogP contribution in [0.5, 0.6) is 11.5 Å². The van der Waals surface area contributed by atoms with E-state index in [4.69, 9.17) is 9.47 Å². The van der Waals surface area contributed by atoms with Gasteiger partial charge in [0.15, 0.2) is 11.5 Å². The molecule has 2 aromatic rings. The molecule has 5 nitrogen and oxygen atoms in total. The number of fused-ring (bicyclic) bond motifs is 1. The zero-order chi connectivity index (χ0) is 17.9. The van der Waals surface area contributed by atoms with Crippen LogP contribution < -0.4 is 9.47 Å². The third-order valence-corrected chi connectivity index (χ3v) is 5.00. The molecule has 0 amide bonds. The smallest absolute Gasteiger partial charge is 0.231 e. The Kier molecular flexibility index (Phi) is 5.06. The summed E-state index contributed by atoms with van der Waals surface area (Å²) in [5, 5.41) is 10.3. The number of hydrogen-bond acceptors (Lipinski definition) is 5. The Bertz CT molecular complexity index is 762. The molecular weight excluding hydrogens is 335 g/mol. The maximum atomic E-state index is 13.8. The molecule has 26 heavy (non-hydrogen) atoms. The molecule has 0 unspecified atom stereocenters. The van der Waals surface area contributed by atoms with Gasteiger partial charge >= 0.3 is 0 Å². The quantitative estimate of drug-likeness (QED) is 0.889. The molecule has 2 aliphatic heterocycles. The second kappa shape index (κ2) is 7.61. The number of aliphatic hydroxyl groups excluding tert-OH is 1. The first-order chi connectivity index (χ1) is 12.7. The molecule has 1 fully saturated rings. The van der Waals surface area contributed by atoms with Gasteiger partial charge in [0.25, 0.3) is 0 Å². The van der Waals surface area contributed by atoms with Gasteiger partial charge in [-0.1, -0.05) is 24.3 Å². The van der Waals surface area contributed by atoms with E-state index in [1.807, 2.05) is 12.1 Å². The number of rotatable bonds is 5. The number of benzene rings is 2. The topological polar surface area (TPSA) is 45.2 Å². The number of halogens is 1. The van der Waals surface area contributed by atoms with Gasteiger partial charge in [-0.05, 0) is 23.8 Å². The molecule has 0 aliphatic carbocycles. The van der Waals surface area contributed by atoms with E-state index < -0.39 is 6.10 Å². The molecule has 0 saturated carbocycles. The lowest BCUT2D eigenvalue weighted by Crippen LogP contribution is -2.47. The van der Waals surface area contributed by atoms with Gasteiger partial charge in [0.1, 0.15) is 5.82 Å². The average molecular weight is 358 g/mol. The minimum atomic E-state index is -0.795. The first-order valence-corrected chi connectivity index (χ1v) is 8.95. The van der Waals surface area contributed by atoms with Crippen LogP contribution in [0.1, 0.15) is 17.2 Å². The van der Waals surface area contributed by atoms with Crippen LogP contribution in [0.15, 0.2) is 42.5 Å². The van der Waals surface area contributed by atoms with E-state index in [0.29, 0.717) is 18.9 Å². The number of β-amino-alcohol motifs (C(OH)–C–C–N with tert-alkyl or cyclic N) is 1. The number of hydrogen-bond donors (Lipinski definition) is 1. The van der Waals surface area contributed by atoms with E-state index in [9.17, 15) is 9.50 Å². The molecule has 0 radical (unpaired) electrons. The van der Waals surface area contributed by atoms with Gasteiger partial charge in [0.2, 0.25) is 6.79 Å². The molecule has 138 valence electrons. The van der Waals surface area contributed by atoms with Crippen molar-refractivity contribution in [3.63, 3.8) is 0 Å². The molecule has 1 N–H and O–H groups in total. The summed E-state index contributed by atoms with van der Waals surface area (Å²) in [5.74, 6) is 1.27. The predicted octanol–water partition coefficient (Wildman–Crippen LogP) is 2.41. The van der Waals surface area contributed by atoms with Crippen molar-refractivity contribution in [1.82, 2.24) is 9.80 Å². The zero-order valence-electron chi connectivity index (χ0n) is 14.6. The minimum absolute atomic E-state index is 0.293. The second-order valence-electron chi connectivity index (χ2n) is 6.80. The molecule has 1 atom stereocenters. The first kappa shape index (κ1) is 17.3. The Morgan fingerprint density at radius 3 is 2.50 bits per heavy atom. The van der Waals surface area contributed by atoms with Gasteiger partial charge in [0.05, 0.1) is 6.10 Å². The van der Waals surface area contributed by atoms with Crippen molar-refractivity contribution in [1.29, 1.82) is 0 Å². The average Bonchev–Trinajstić information content (AvgIpc) is 3.11. The highest BCUT2D eigenvalue weighted by Crippen LogP contribution is 2.32. The second-order valence-corrected chi connectivity index (χ2v) is 6.80. The summed E-state index contributed by atoms with van der Waals surface area (Å²) in [6, 6.07) is 12.5. The van der Waals surface area contributed by atoms with E-state index in [2.05, 4.69) is 15.9 Å². The molecule has 2 aliphatic rings. The standard InChI is InChI=1S/C20H23FN2O3/c21-17-4-2-1-3-16(17)18(24)13-23-9-7-22(8-10-23)12-15-5-6-19-20(11-15)26-14-25-19/h1-6,11,18,24H,7-10,12-14H2/t18-/m0/s1. The summed E-state index contributed by atoms with van der Waals surface area (Å²) >= 11 is 0. The van der Waals surface area contributed by atoms with Crippen LogP contribution in [-0.4, -0.2) is 54.4 Å². The fraction of sp³-hybridized carbons (Fsp3) is 0.400. The van der Waals surface area contributed by atoms with Crippen LogP contribution >= 0.6 is 0 Å². The highest BCUT2D eigenvalue weighted by molar-refractivity contribution is 5.44. The minimum Gasteiger partial charge on any atom is -0.454 e. The number of nitrogens with zero attached hydrogens (tertiary/aromatic N) is 2. The van der Waals surface area contributed by atoms with E-state index in [0.717, 1.165) is 44.2 Å². The molecule has 2 aromatic carbocycles. The highest BCUT2D eigenvalue weighted by atomic mass is 19.1. The van der Waals surface area contributed by atoms with Gasteiger partial charge in [-0.3, -0.25) is 9.80 Å². The Labute approximate surface area is 152 Å². The van der Waals surface area contributed by atoms with Gasteiger partial charge in [-0.15, -0.1) is 0 Å². The van der Waals surface area contributed by atoms with Gasteiger partial charge in [-0.2, -0.15) is 0 Å². The molecule has 1 saturated heterocycles. The molecule has 0 aromatic heterocycles. The first-order valence-electron chi connectivity index (χ1n) is 8.95. The van der Waals surface area contributed by atoms with Gasteiger partial charge in [-0.25, -0.2) is 4.39 Å². The maximum absolute atomic E-state index is 13.8. The number of piperazine rings is 1. The van der Waals surface area contributed by atoms with Gasteiger partial charge in [0, 0.05) is 44.8 Å². The van der Waals surface area contributed by atoms with E-state index in [1.54, 1.807) is 18.2 Å². The molecule has 4 rings (SSSR count). The van der Waals surface area contributed by atoms with Crippen LogP contribution in [0.4, 0.5) is 4.39 Å². The summed E-state index contributed by atoms with van der Waals surface area (Å²) in [6.45, 7) is 5.16. The lowest BCUT2D eigenvalue weighted by molar-refractivity contribution is 0.0685. The molecule has 6 heteroatoms. The Balaban J connectivity index is 1.28. The summed E-state index contributed by atoms with van der Waals surface area (Å²) < 4.78 is 24.6. The SMILES string of the molecule is O[C@@H](CN1CCN(Cc2ccc3c(c2)OCO3)CC1)c1ccccc1F. The Morgan fingerprint density at radius 1 is 0.962 bits per heavy atom. The predicted molar refractivity (Wildman–Crippen MR) is 95.6 cm³/mol. The van der Waals surface area contributed by atoms with Crippen molar-refractivity contribution in [2.24, 2.45) is 0 Å². The zero-order valence-corrected chi connectivity index (χ0v) is 14.6. The van der Waals surface area contributed by atoms with Crippen molar-refractivity contribution in [3.8, 4) is 11.5 Å². The number of aliphatic hydroxyl groups is 1. The normalized spacial score (nSPS) is 18.8.